The molecule has 19 heavy (non-hydrogen) atoms. The maximum Gasteiger partial charge on any atom is 0.305 e. The van der Waals surface area contributed by atoms with E-state index in [1.165, 1.54) is 0 Å². The maximum absolute atomic E-state index is 10.6. The Morgan fingerprint density at radius 3 is 2.37 bits per heavy atom. The van der Waals surface area contributed by atoms with E-state index in [0.29, 0.717) is 11.4 Å². The largest absolute Gasteiger partial charge is 0.481 e. The van der Waals surface area contributed by atoms with E-state index in [9.17, 15) is 4.79 Å². The zero-order valence-corrected chi connectivity index (χ0v) is 11.5. The summed E-state index contributed by atoms with van der Waals surface area (Å²) < 4.78 is 0.983. The molecule has 0 saturated carbocycles. The molecular formula is C13H12BrN3O2. The summed E-state index contributed by atoms with van der Waals surface area (Å²) >= 11 is 3.36. The number of aliphatic carboxylic acids is 1. The first-order valence-corrected chi connectivity index (χ1v) is 6.41. The fraction of sp³-hybridized carbons (Fsp3) is 0.154. The van der Waals surface area contributed by atoms with Crippen LogP contribution in [0.25, 0.3) is 11.4 Å². The van der Waals surface area contributed by atoms with Crippen molar-refractivity contribution < 1.29 is 9.90 Å². The lowest BCUT2D eigenvalue weighted by Crippen LogP contribution is -2.15. The minimum atomic E-state index is -0.940. The number of nitrogens with two attached hydrogens (primary N) is 1. The molecule has 0 spiro atoms. The van der Waals surface area contributed by atoms with Gasteiger partial charge < -0.3 is 10.8 Å². The SMILES string of the molecule is N[C@H](CC(=O)O)c1cnc(-c2ccc(Br)cc2)nc1. The number of hydrogen-bond donors (Lipinski definition) is 2. The van der Waals surface area contributed by atoms with Crippen molar-refractivity contribution in [2.75, 3.05) is 0 Å². The molecule has 2 aromatic rings. The molecule has 6 heteroatoms. The Morgan fingerprint density at radius 1 is 1.26 bits per heavy atom. The van der Waals surface area contributed by atoms with Crippen LogP contribution in [-0.2, 0) is 4.79 Å². The van der Waals surface area contributed by atoms with E-state index in [4.69, 9.17) is 10.8 Å². The lowest BCUT2D eigenvalue weighted by molar-refractivity contribution is -0.137. The molecule has 0 fully saturated rings. The lowest BCUT2D eigenvalue weighted by atomic mass is 10.1. The summed E-state index contributed by atoms with van der Waals surface area (Å²) in [6, 6.07) is 7.02. The number of carbonyl (C=O) groups is 1. The Balaban J connectivity index is 2.18. The van der Waals surface area contributed by atoms with Crippen LogP contribution in [0, 0.1) is 0 Å². The second kappa shape index (κ2) is 5.90. The molecule has 0 saturated heterocycles. The zero-order chi connectivity index (χ0) is 13.8. The molecule has 98 valence electrons. The van der Waals surface area contributed by atoms with Crippen LogP contribution < -0.4 is 5.73 Å². The van der Waals surface area contributed by atoms with Crippen LogP contribution in [0.1, 0.15) is 18.0 Å². The smallest absolute Gasteiger partial charge is 0.305 e. The standard InChI is InChI=1S/C13H12BrN3O2/c14-10-3-1-8(2-4-10)13-16-6-9(7-17-13)11(15)5-12(18)19/h1-4,6-7,11H,5,15H2,(H,18,19)/t11-/m1/s1. The molecule has 0 bridgehead atoms. The highest BCUT2D eigenvalue weighted by molar-refractivity contribution is 9.10. The molecule has 1 heterocycles. The zero-order valence-electron chi connectivity index (χ0n) is 9.95. The van der Waals surface area contributed by atoms with Crippen molar-refractivity contribution in [1.82, 2.24) is 9.97 Å². The molecule has 0 aliphatic rings. The van der Waals surface area contributed by atoms with Gasteiger partial charge in [0.05, 0.1) is 6.42 Å². The first-order valence-electron chi connectivity index (χ1n) is 5.61. The van der Waals surface area contributed by atoms with Gasteiger partial charge in [-0.25, -0.2) is 9.97 Å². The summed E-state index contributed by atoms with van der Waals surface area (Å²) in [7, 11) is 0. The molecule has 0 amide bonds. The number of aromatic nitrogens is 2. The van der Waals surface area contributed by atoms with Gasteiger partial charge in [-0.2, -0.15) is 0 Å². The summed E-state index contributed by atoms with van der Waals surface area (Å²) in [5.74, 6) is -0.358. The van der Waals surface area contributed by atoms with E-state index in [2.05, 4.69) is 25.9 Å². The monoisotopic (exact) mass is 321 g/mol. The van der Waals surface area contributed by atoms with Crippen molar-refractivity contribution in [2.24, 2.45) is 5.73 Å². The number of halogens is 1. The van der Waals surface area contributed by atoms with Crippen molar-refractivity contribution in [3.63, 3.8) is 0 Å². The van der Waals surface area contributed by atoms with Gasteiger partial charge in [-0.1, -0.05) is 28.1 Å². The Bertz CT molecular complexity index is 569. The van der Waals surface area contributed by atoms with Crippen molar-refractivity contribution in [3.8, 4) is 11.4 Å². The van der Waals surface area contributed by atoms with Crippen LogP contribution in [0.5, 0.6) is 0 Å². The third kappa shape index (κ3) is 3.59. The summed E-state index contributed by atoms with van der Waals surface area (Å²) in [6.07, 6.45) is 3.00. The molecular weight excluding hydrogens is 310 g/mol. The summed E-state index contributed by atoms with van der Waals surface area (Å²) in [5.41, 5.74) is 7.24. The van der Waals surface area contributed by atoms with Crippen LogP contribution in [0.15, 0.2) is 41.1 Å². The fourth-order valence-electron chi connectivity index (χ4n) is 1.58. The van der Waals surface area contributed by atoms with Crippen LogP contribution in [-0.4, -0.2) is 21.0 Å². The molecule has 0 aliphatic carbocycles. The summed E-state index contributed by atoms with van der Waals surface area (Å²) in [4.78, 5) is 19.0. The first kappa shape index (κ1) is 13.6. The molecule has 2 rings (SSSR count). The van der Waals surface area contributed by atoms with Gasteiger partial charge >= 0.3 is 5.97 Å². The predicted molar refractivity (Wildman–Crippen MR) is 74.3 cm³/mol. The average Bonchev–Trinajstić information content (AvgIpc) is 2.39. The van der Waals surface area contributed by atoms with E-state index >= 15 is 0 Å². The van der Waals surface area contributed by atoms with Gasteiger partial charge in [0.2, 0.25) is 0 Å². The number of benzene rings is 1. The quantitative estimate of drug-likeness (QED) is 0.902. The van der Waals surface area contributed by atoms with Gasteiger partial charge in [-0.3, -0.25) is 4.79 Å². The Kier molecular flexibility index (Phi) is 4.24. The Hall–Kier alpha value is -1.79. The van der Waals surface area contributed by atoms with Crippen molar-refractivity contribution in [2.45, 2.75) is 12.5 Å². The van der Waals surface area contributed by atoms with E-state index in [0.717, 1.165) is 10.0 Å². The third-order valence-corrected chi connectivity index (χ3v) is 3.13. The minimum absolute atomic E-state index is 0.138. The fourth-order valence-corrected chi connectivity index (χ4v) is 1.85. The average molecular weight is 322 g/mol. The molecule has 3 N–H and O–H groups in total. The Morgan fingerprint density at radius 2 is 1.84 bits per heavy atom. The number of rotatable bonds is 4. The number of carboxylic acids is 1. The normalized spacial score (nSPS) is 12.1. The second-order valence-electron chi connectivity index (χ2n) is 4.05. The lowest BCUT2D eigenvalue weighted by Gasteiger charge is -2.08. The van der Waals surface area contributed by atoms with Crippen molar-refractivity contribution >= 4 is 21.9 Å². The maximum atomic E-state index is 10.6. The minimum Gasteiger partial charge on any atom is -0.481 e. The highest BCUT2D eigenvalue weighted by Crippen LogP contribution is 2.19. The molecule has 0 unspecified atom stereocenters. The van der Waals surface area contributed by atoms with Gasteiger partial charge in [0.1, 0.15) is 0 Å². The van der Waals surface area contributed by atoms with E-state index in [-0.39, 0.29) is 6.42 Å². The number of nitrogens with zero attached hydrogens (tertiary/aromatic N) is 2. The molecule has 0 radical (unpaired) electrons. The highest BCUT2D eigenvalue weighted by Gasteiger charge is 2.11. The topological polar surface area (TPSA) is 89.1 Å². The Labute approximate surface area is 118 Å². The van der Waals surface area contributed by atoms with Gasteiger partial charge in [0.15, 0.2) is 5.82 Å². The molecule has 1 aromatic carbocycles. The summed E-state index contributed by atoms with van der Waals surface area (Å²) in [6.45, 7) is 0. The van der Waals surface area contributed by atoms with Gasteiger partial charge in [-0.05, 0) is 12.1 Å². The predicted octanol–water partition coefficient (Wildman–Crippen LogP) is 2.38. The van der Waals surface area contributed by atoms with Crippen molar-refractivity contribution in [3.05, 3.63) is 46.7 Å². The van der Waals surface area contributed by atoms with E-state index in [1.807, 2.05) is 24.3 Å². The van der Waals surface area contributed by atoms with Gasteiger partial charge in [0.25, 0.3) is 0 Å². The highest BCUT2D eigenvalue weighted by atomic mass is 79.9. The van der Waals surface area contributed by atoms with Crippen LogP contribution in [0.4, 0.5) is 0 Å². The van der Waals surface area contributed by atoms with Gasteiger partial charge in [-0.15, -0.1) is 0 Å². The van der Waals surface area contributed by atoms with Crippen LogP contribution in [0.2, 0.25) is 0 Å². The van der Waals surface area contributed by atoms with Crippen molar-refractivity contribution in [1.29, 1.82) is 0 Å². The third-order valence-electron chi connectivity index (χ3n) is 2.60. The molecule has 0 aliphatic heterocycles. The van der Waals surface area contributed by atoms with Crippen LogP contribution >= 0.6 is 15.9 Å². The molecule has 1 atom stereocenters. The molecule has 1 aromatic heterocycles. The summed E-state index contributed by atoms with van der Waals surface area (Å²) in [5, 5.41) is 8.68. The van der Waals surface area contributed by atoms with Crippen LogP contribution in [0.3, 0.4) is 0 Å². The first-order chi connectivity index (χ1) is 9.06. The van der Waals surface area contributed by atoms with E-state index in [1.54, 1.807) is 12.4 Å². The number of hydrogen-bond acceptors (Lipinski definition) is 4. The molecule has 5 nitrogen and oxygen atoms in total. The van der Waals surface area contributed by atoms with Gasteiger partial charge in [0, 0.05) is 34.0 Å². The second-order valence-corrected chi connectivity index (χ2v) is 4.97. The van der Waals surface area contributed by atoms with E-state index < -0.39 is 12.0 Å². The number of carboxylic acid groups (broad SMARTS) is 1.